The van der Waals surface area contributed by atoms with E-state index in [0.29, 0.717) is 10.8 Å². The molecule has 0 N–H and O–H groups in total. The maximum absolute atomic E-state index is 3.06. The van der Waals surface area contributed by atoms with Gasteiger partial charge >= 0.3 is 30.2 Å². The van der Waals surface area contributed by atoms with Crippen LogP contribution >= 0.6 is 24.8 Å². The summed E-state index contributed by atoms with van der Waals surface area (Å²) in [7, 11) is 0. The van der Waals surface area contributed by atoms with E-state index < -0.39 is 0 Å². The standard InChI is InChI=1S/2C32H37.2CH3.2ClH.Si.Zr/c2*1-2-18-32(19-9-5-3-4-6-10-20-32)24-25-21-28-14-11-15-30(31(28)22-25)29-17-16-26-12-7-8-13-27(26)23-29;;;;;;/h2*7-8,11-17,21-23H,2-6,9-10,18-20,24H2,1H3;2*1H3;2*1H;;/q4*-1;;;;. The van der Waals surface area contributed by atoms with Crippen LogP contribution in [0.5, 0.6) is 0 Å². The zero-order chi connectivity index (χ0) is 45.6. The quantitative estimate of drug-likeness (QED) is 0.0946. The van der Waals surface area contributed by atoms with Gasteiger partial charge in [-0.1, -0.05) is 200 Å². The topological polar surface area (TPSA) is 0 Å². The predicted octanol–water partition coefficient (Wildman–Crippen LogP) is 21.0. The molecule has 8 aromatic carbocycles. The van der Waals surface area contributed by atoms with E-state index in [1.54, 1.807) is 11.1 Å². The van der Waals surface area contributed by atoms with E-state index in [1.807, 2.05) is 0 Å². The van der Waals surface area contributed by atoms with Crippen molar-refractivity contribution in [2.75, 3.05) is 0 Å². The van der Waals surface area contributed by atoms with Crippen molar-refractivity contribution >= 4 is 74.8 Å². The zero-order valence-corrected chi connectivity index (χ0v) is 48.3. The Labute approximate surface area is 454 Å². The van der Waals surface area contributed by atoms with Crippen molar-refractivity contribution in [2.24, 2.45) is 10.8 Å². The van der Waals surface area contributed by atoms with Gasteiger partial charge in [-0.05, 0) is 107 Å². The minimum atomic E-state index is 0. The van der Waals surface area contributed by atoms with E-state index >= 15 is 0 Å². The Morgan fingerprint density at radius 3 is 1.11 bits per heavy atom. The van der Waals surface area contributed by atoms with E-state index in [0.717, 1.165) is 0 Å². The fraction of sp³-hybridized carbons (Fsp3) is 0.394. The summed E-state index contributed by atoms with van der Waals surface area (Å²) >= 11 is 1.36. The monoisotopic (exact) mass is 1060 g/mol. The number of hydrogen-bond donors (Lipinski definition) is 0. The summed E-state index contributed by atoms with van der Waals surface area (Å²) < 4.78 is 0. The van der Waals surface area contributed by atoms with Gasteiger partial charge in [-0.15, -0.1) is 93.9 Å². The molecule has 2 saturated carbocycles. The van der Waals surface area contributed by atoms with Crippen molar-refractivity contribution in [3.63, 3.8) is 0 Å². The Kier molecular flexibility index (Phi) is 24.9. The van der Waals surface area contributed by atoms with Gasteiger partial charge < -0.3 is 14.9 Å². The van der Waals surface area contributed by atoms with Crippen molar-refractivity contribution in [2.45, 2.75) is 155 Å². The van der Waals surface area contributed by atoms with Crippen LogP contribution in [0.2, 0.25) is 0 Å². The van der Waals surface area contributed by atoms with Crippen molar-refractivity contribution < 1.29 is 23.3 Å². The van der Waals surface area contributed by atoms with Gasteiger partial charge in [0, 0.05) is 0 Å². The SMILES string of the molecule is CCCC1(Cc2cc3c(-c4ccc5ccccc5c4)cccc3[cH-]2)CCCCCCCC1.CCCC1(Cc2cc3c(-c4ccc5ccccc5c4)cccc3[cH-]2)CCCCCCCC1.Cl.Cl.[CH3-].[CH3-].[Si]=[Zr]. The molecule has 372 valence electrons. The first-order chi connectivity index (χ1) is 32.5. The second kappa shape index (κ2) is 29.4. The van der Waals surface area contributed by atoms with Gasteiger partial charge in [-0.25, -0.2) is 0 Å². The second-order valence-corrected chi connectivity index (χ2v) is 20.6. The molecule has 2 aliphatic rings. The van der Waals surface area contributed by atoms with Gasteiger partial charge in [-0.2, -0.15) is 12.1 Å². The molecule has 70 heavy (non-hydrogen) atoms. The summed E-state index contributed by atoms with van der Waals surface area (Å²) in [5.74, 6) is 0. The Balaban J connectivity index is 0.000000279. The number of halogens is 2. The molecule has 0 aromatic heterocycles. The van der Waals surface area contributed by atoms with Gasteiger partial charge in [0.2, 0.25) is 0 Å². The summed E-state index contributed by atoms with van der Waals surface area (Å²) in [6, 6.07) is 54.9. The van der Waals surface area contributed by atoms with Crippen LogP contribution in [0.25, 0.3) is 65.3 Å². The van der Waals surface area contributed by atoms with E-state index in [9.17, 15) is 0 Å². The first-order valence-corrected chi connectivity index (χ1v) is 30.3. The number of benzene rings is 6. The molecule has 0 unspecified atom stereocenters. The molecule has 2 aliphatic carbocycles. The fourth-order valence-electron chi connectivity index (χ4n) is 12.6. The van der Waals surface area contributed by atoms with Gasteiger partial charge in [0.05, 0.1) is 0 Å². The van der Waals surface area contributed by atoms with Crippen LogP contribution in [0.3, 0.4) is 0 Å². The van der Waals surface area contributed by atoms with Crippen LogP contribution in [-0.4, -0.2) is 6.88 Å². The third kappa shape index (κ3) is 14.9. The molecule has 8 aromatic rings. The molecule has 0 heterocycles. The molecule has 0 amide bonds. The van der Waals surface area contributed by atoms with Crippen LogP contribution in [-0.2, 0) is 36.2 Å². The Morgan fingerprint density at radius 1 is 0.414 bits per heavy atom. The predicted molar refractivity (Wildman–Crippen MR) is 314 cm³/mol. The Morgan fingerprint density at radius 2 is 0.757 bits per heavy atom. The van der Waals surface area contributed by atoms with Crippen molar-refractivity contribution in [1.29, 1.82) is 0 Å². The Bertz CT molecular complexity index is 2570. The first-order valence-electron chi connectivity index (χ1n) is 26.1. The fourth-order valence-corrected chi connectivity index (χ4v) is 12.6. The molecule has 0 bridgehead atoms. The molecule has 0 nitrogen and oxygen atoms in total. The van der Waals surface area contributed by atoms with Crippen LogP contribution < -0.4 is 0 Å². The molecule has 0 atom stereocenters. The van der Waals surface area contributed by atoms with E-state index in [2.05, 4.69) is 166 Å². The average molecular weight is 1070 g/mol. The third-order valence-corrected chi connectivity index (χ3v) is 15.8. The zero-order valence-electron chi connectivity index (χ0n) is 43.2. The summed E-state index contributed by atoms with van der Waals surface area (Å²) in [6.45, 7) is 7.83. The van der Waals surface area contributed by atoms with Crippen molar-refractivity contribution in [1.82, 2.24) is 0 Å². The summed E-state index contributed by atoms with van der Waals surface area (Å²) in [5, 5.41) is 10.9. The molecule has 0 saturated heterocycles. The van der Waals surface area contributed by atoms with Gasteiger partial charge in [0.25, 0.3) is 0 Å². The molecule has 0 spiro atoms. The third-order valence-electron chi connectivity index (χ3n) is 15.8. The van der Waals surface area contributed by atoms with Crippen LogP contribution in [0.4, 0.5) is 0 Å². The number of fused-ring (bicyclic) bond motifs is 4. The van der Waals surface area contributed by atoms with E-state index in [4.69, 9.17) is 0 Å². The van der Waals surface area contributed by atoms with Crippen LogP contribution in [0.1, 0.15) is 153 Å². The number of rotatable bonds is 10. The minimum absolute atomic E-state index is 0. The molecular formula is C66H82Cl2SiZr-4. The van der Waals surface area contributed by atoms with Crippen molar-refractivity contribution in [3.05, 3.63) is 172 Å². The maximum atomic E-state index is 3.06. The second-order valence-electron chi connectivity index (χ2n) is 20.6. The van der Waals surface area contributed by atoms with Gasteiger partial charge in [0.15, 0.2) is 0 Å². The molecule has 2 fully saturated rings. The molecule has 10 rings (SSSR count). The number of hydrogen-bond acceptors (Lipinski definition) is 0. The Hall–Kier alpha value is -3.26. The van der Waals surface area contributed by atoms with E-state index in [-0.39, 0.29) is 39.7 Å². The molecular weight excluding hydrogens is 983 g/mol. The summed E-state index contributed by atoms with van der Waals surface area (Å²) in [4.78, 5) is 0. The van der Waals surface area contributed by atoms with Crippen molar-refractivity contribution in [3.8, 4) is 22.3 Å². The van der Waals surface area contributed by atoms with Gasteiger partial charge in [0.1, 0.15) is 0 Å². The van der Waals surface area contributed by atoms with Crippen LogP contribution in [0.15, 0.2) is 146 Å². The summed E-state index contributed by atoms with van der Waals surface area (Å²) in [5.41, 5.74) is 9.53. The average Bonchev–Trinajstić information content (AvgIpc) is 4.01. The molecule has 4 heteroatoms. The van der Waals surface area contributed by atoms with Gasteiger partial charge in [-0.3, -0.25) is 0 Å². The van der Waals surface area contributed by atoms with E-state index in [1.165, 1.54) is 230 Å². The van der Waals surface area contributed by atoms with Crippen LogP contribution in [0, 0.1) is 25.7 Å². The normalized spacial score (nSPS) is 15.7. The summed E-state index contributed by atoms with van der Waals surface area (Å²) in [6.07, 6.45) is 30.7. The molecule has 2 radical (unpaired) electrons. The molecule has 0 aliphatic heterocycles. The first kappa shape index (κ1) is 59.3.